The number of carbonyl (C=O) groups excluding carboxylic acids is 3. The summed E-state index contributed by atoms with van der Waals surface area (Å²) in [6, 6.07) is 0. The van der Waals surface area contributed by atoms with Crippen molar-refractivity contribution in [3.05, 3.63) is 34.1 Å². The number of ether oxygens (including phenoxy) is 2. The Morgan fingerprint density at radius 1 is 0.946 bits per heavy atom. The fourth-order valence-electron chi connectivity index (χ4n) is 6.58. The van der Waals surface area contributed by atoms with Crippen LogP contribution in [0.15, 0.2) is 34.1 Å². The van der Waals surface area contributed by atoms with Crippen LogP contribution in [-0.4, -0.2) is 47.9 Å². The number of aliphatic hydroxyl groups is 1. The average molecular weight is 515 g/mol. The predicted octanol–water partition coefficient (Wildman–Crippen LogP) is 5.53. The quantitative estimate of drug-likeness (QED) is 0.365. The maximum atomic E-state index is 13.7. The van der Waals surface area contributed by atoms with E-state index in [0.29, 0.717) is 17.4 Å². The summed E-state index contributed by atoms with van der Waals surface area (Å²) in [7, 11) is 1.39. The number of Topliss-reactive ketones (excluding diaryl/α,β-unsaturated/α-hetero) is 3. The Kier molecular flexibility index (Phi) is 9.73. The van der Waals surface area contributed by atoms with E-state index in [1.165, 1.54) is 12.7 Å². The van der Waals surface area contributed by atoms with Gasteiger partial charge in [0.25, 0.3) is 0 Å². The molecule has 8 atom stereocenters. The zero-order chi connectivity index (χ0) is 27.6. The molecule has 206 valence electrons. The number of ketones is 3. The van der Waals surface area contributed by atoms with Gasteiger partial charge in [-0.2, -0.15) is 0 Å². The highest BCUT2D eigenvalue weighted by Gasteiger charge is 2.47. The molecule has 0 amide bonds. The van der Waals surface area contributed by atoms with Gasteiger partial charge < -0.3 is 14.6 Å². The Balaban J connectivity index is 2.08. The van der Waals surface area contributed by atoms with E-state index in [1.54, 1.807) is 6.92 Å². The molecule has 0 spiro atoms. The fourth-order valence-corrected chi connectivity index (χ4v) is 6.58. The molecule has 8 unspecified atom stereocenters. The highest BCUT2D eigenvalue weighted by molar-refractivity contribution is 6.24. The molecule has 0 saturated carbocycles. The smallest absolute Gasteiger partial charge is 0.226 e. The summed E-state index contributed by atoms with van der Waals surface area (Å²) in [6.45, 7) is 14.0. The molecule has 2 aliphatic heterocycles. The molecule has 0 aromatic rings. The lowest BCUT2D eigenvalue weighted by atomic mass is 9.74. The summed E-state index contributed by atoms with van der Waals surface area (Å²) in [5, 5.41) is 11.2. The first kappa shape index (κ1) is 29.5. The largest absolute Gasteiger partial charge is 0.492 e. The van der Waals surface area contributed by atoms with E-state index in [1.807, 2.05) is 20.8 Å². The number of allylic oxidation sites excluding steroid dienone is 5. The van der Waals surface area contributed by atoms with Crippen molar-refractivity contribution in [1.82, 2.24) is 0 Å². The highest BCUT2D eigenvalue weighted by atomic mass is 16.5. The van der Waals surface area contributed by atoms with Gasteiger partial charge in [-0.15, -0.1) is 0 Å². The summed E-state index contributed by atoms with van der Waals surface area (Å²) in [5.74, 6) is -0.424. The maximum Gasteiger partial charge on any atom is 0.226 e. The second-order valence-corrected chi connectivity index (χ2v) is 12.0. The van der Waals surface area contributed by atoms with Crippen LogP contribution in [0.5, 0.6) is 0 Å². The molecule has 6 heteroatoms. The standard InChI is InChI=1S/C31H46O6/c1-16-9-12-25-20(5)27(33)21(6)30(37-25)26-23(28(34)22(7)31(36-8)29(26)35)10-11-24(32)19(4)15-18(3)14-17(2)13-16/h13,16,18-21,25,27,30,33H,9-12,14-15H2,1-8H3/b17-13+. The number of methoxy groups -OCH3 is 1. The minimum absolute atomic E-state index is 0.0258. The molecule has 1 N–H and O–H groups in total. The van der Waals surface area contributed by atoms with Crippen molar-refractivity contribution in [1.29, 1.82) is 0 Å². The zero-order valence-electron chi connectivity index (χ0n) is 23.9. The molecule has 0 aromatic carbocycles. The zero-order valence-corrected chi connectivity index (χ0v) is 23.9. The molecule has 1 fully saturated rings. The predicted molar refractivity (Wildman–Crippen MR) is 144 cm³/mol. The minimum Gasteiger partial charge on any atom is -0.492 e. The number of hydrogen-bond donors (Lipinski definition) is 1. The van der Waals surface area contributed by atoms with Crippen LogP contribution in [0.3, 0.4) is 0 Å². The van der Waals surface area contributed by atoms with E-state index in [4.69, 9.17) is 9.47 Å². The van der Waals surface area contributed by atoms with E-state index in [-0.39, 0.29) is 71.0 Å². The van der Waals surface area contributed by atoms with Crippen molar-refractivity contribution in [2.24, 2.45) is 29.6 Å². The second kappa shape index (κ2) is 12.2. The summed E-state index contributed by atoms with van der Waals surface area (Å²) < 4.78 is 12.0. The Hall–Kier alpha value is -2.05. The van der Waals surface area contributed by atoms with Crippen LogP contribution >= 0.6 is 0 Å². The lowest BCUT2D eigenvalue weighted by Gasteiger charge is -2.44. The van der Waals surface area contributed by atoms with Crippen LogP contribution in [0.2, 0.25) is 0 Å². The molecular formula is C31H46O6. The normalized spacial score (nSPS) is 38.6. The van der Waals surface area contributed by atoms with Crippen molar-refractivity contribution >= 4 is 17.3 Å². The van der Waals surface area contributed by atoms with Crippen LogP contribution in [0, 0.1) is 29.6 Å². The summed E-state index contributed by atoms with van der Waals surface area (Å²) in [5.41, 5.74) is 2.19. The van der Waals surface area contributed by atoms with Crippen LogP contribution in [0.25, 0.3) is 0 Å². The SMILES string of the molecule is COC1=C(C)C(=O)C2=C(C1=O)C1OC(CCC(C)/C=C(\C)CC(C)CC(C)C(=O)CC2)C(C)C(O)C1C. The second-order valence-electron chi connectivity index (χ2n) is 12.0. The molecule has 3 rings (SSSR count). The van der Waals surface area contributed by atoms with Gasteiger partial charge in [0.05, 0.1) is 25.4 Å². The van der Waals surface area contributed by atoms with E-state index >= 15 is 0 Å². The Morgan fingerprint density at radius 3 is 2.27 bits per heavy atom. The lowest BCUT2D eigenvalue weighted by Crippen LogP contribution is -2.51. The van der Waals surface area contributed by atoms with Gasteiger partial charge in [-0.3, -0.25) is 14.4 Å². The molecule has 37 heavy (non-hydrogen) atoms. The first-order valence-corrected chi connectivity index (χ1v) is 14.0. The third-order valence-corrected chi connectivity index (χ3v) is 8.76. The highest BCUT2D eigenvalue weighted by Crippen LogP contribution is 2.41. The third kappa shape index (κ3) is 6.34. The molecule has 2 bridgehead atoms. The first-order chi connectivity index (χ1) is 17.4. The van der Waals surface area contributed by atoms with Crippen LogP contribution < -0.4 is 0 Å². The molecule has 0 aromatic heterocycles. The third-order valence-electron chi connectivity index (χ3n) is 8.76. The number of rotatable bonds is 1. The van der Waals surface area contributed by atoms with Gasteiger partial charge >= 0.3 is 0 Å². The fraction of sp³-hybridized carbons (Fsp3) is 0.710. The van der Waals surface area contributed by atoms with Gasteiger partial charge in [0, 0.05) is 40.9 Å². The van der Waals surface area contributed by atoms with Crippen LogP contribution in [0.1, 0.15) is 87.0 Å². The number of hydrogen-bond acceptors (Lipinski definition) is 6. The topological polar surface area (TPSA) is 89.9 Å². The maximum absolute atomic E-state index is 13.7. The molecule has 2 heterocycles. The van der Waals surface area contributed by atoms with Crippen LogP contribution in [0.4, 0.5) is 0 Å². The van der Waals surface area contributed by atoms with Crippen molar-refractivity contribution in [2.45, 2.75) is 105 Å². The molecular weight excluding hydrogens is 468 g/mol. The molecule has 1 saturated heterocycles. The van der Waals surface area contributed by atoms with Gasteiger partial charge in [0.15, 0.2) is 11.5 Å². The van der Waals surface area contributed by atoms with Gasteiger partial charge in [0.2, 0.25) is 5.78 Å². The van der Waals surface area contributed by atoms with Crippen LogP contribution in [-0.2, 0) is 23.9 Å². The Morgan fingerprint density at radius 2 is 1.62 bits per heavy atom. The van der Waals surface area contributed by atoms with Crippen molar-refractivity contribution in [2.75, 3.05) is 7.11 Å². The van der Waals surface area contributed by atoms with Gasteiger partial charge in [-0.05, 0) is 57.8 Å². The Labute approximate surface area is 222 Å². The van der Waals surface area contributed by atoms with Gasteiger partial charge in [-0.1, -0.05) is 46.3 Å². The minimum atomic E-state index is -0.739. The van der Waals surface area contributed by atoms with E-state index < -0.39 is 12.2 Å². The number of aliphatic hydroxyl groups excluding tert-OH is 1. The van der Waals surface area contributed by atoms with E-state index in [9.17, 15) is 19.5 Å². The lowest BCUT2D eigenvalue weighted by molar-refractivity contribution is -0.156. The van der Waals surface area contributed by atoms with Crippen molar-refractivity contribution in [3.63, 3.8) is 0 Å². The van der Waals surface area contributed by atoms with E-state index in [0.717, 1.165) is 25.7 Å². The Bertz CT molecular complexity index is 1000. The first-order valence-electron chi connectivity index (χ1n) is 14.0. The summed E-state index contributed by atoms with van der Waals surface area (Å²) in [6.07, 6.45) is 4.39. The number of fused-ring (bicyclic) bond motifs is 3. The summed E-state index contributed by atoms with van der Waals surface area (Å²) >= 11 is 0. The average Bonchev–Trinajstić information content (AvgIpc) is 2.83. The monoisotopic (exact) mass is 514 g/mol. The molecule has 3 aliphatic rings. The molecule has 0 radical (unpaired) electrons. The van der Waals surface area contributed by atoms with Crippen molar-refractivity contribution in [3.8, 4) is 0 Å². The van der Waals surface area contributed by atoms with Crippen molar-refractivity contribution < 1.29 is 29.0 Å². The molecule has 1 aliphatic carbocycles. The van der Waals surface area contributed by atoms with Gasteiger partial charge in [0.1, 0.15) is 5.78 Å². The summed E-state index contributed by atoms with van der Waals surface area (Å²) in [4.78, 5) is 40.3. The van der Waals surface area contributed by atoms with Gasteiger partial charge in [-0.25, -0.2) is 0 Å². The number of carbonyl (C=O) groups is 3. The van der Waals surface area contributed by atoms with E-state index in [2.05, 4.69) is 26.8 Å². The molecule has 6 nitrogen and oxygen atoms in total.